The van der Waals surface area contributed by atoms with Gasteiger partial charge >= 0.3 is 5.69 Å². The van der Waals surface area contributed by atoms with Crippen LogP contribution in [0.15, 0.2) is 64.2 Å². The number of hydrogen-bond acceptors (Lipinski definition) is 6. The molecule has 1 saturated heterocycles. The lowest BCUT2D eigenvalue weighted by atomic mass is 9.97. The molecule has 1 aliphatic rings. The van der Waals surface area contributed by atoms with Gasteiger partial charge in [-0.25, -0.2) is 4.79 Å². The second-order valence-electron chi connectivity index (χ2n) is 8.24. The number of H-pyrrole nitrogens is 1. The number of methoxy groups -OCH3 is 1. The van der Waals surface area contributed by atoms with Crippen molar-refractivity contribution in [2.24, 2.45) is 0 Å². The molecule has 33 heavy (non-hydrogen) atoms. The van der Waals surface area contributed by atoms with E-state index in [1.807, 2.05) is 49.4 Å². The van der Waals surface area contributed by atoms with Gasteiger partial charge in [0.25, 0.3) is 5.56 Å². The fourth-order valence-corrected chi connectivity index (χ4v) is 4.54. The van der Waals surface area contributed by atoms with E-state index < -0.39 is 11.2 Å². The third kappa shape index (κ3) is 4.66. The van der Waals surface area contributed by atoms with Crippen molar-refractivity contribution in [2.75, 3.05) is 43.9 Å². The molecule has 1 aliphatic heterocycles. The lowest BCUT2D eigenvalue weighted by Gasteiger charge is -2.40. The van der Waals surface area contributed by atoms with Gasteiger partial charge in [0, 0.05) is 38.4 Å². The van der Waals surface area contributed by atoms with Crippen molar-refractivity contribution in [3.05, 3.63) is 86.6 Å². The summed E-state index contributed by atoms with van der Waals surface area (Å²) in [7, 11) is 1.62. The normalized spacial score (nSPS) is 15.4. The molecule has 0 aliphatic carbocycles. The van der Waals surface area contributed by atoms with Gasteiger partial charge in [-0.05, 0) is 36.2 Å². The molecule has 3 N–H and O–H groups in total. The number of benzene rings is 2. The van der Waals surface area contributed by atoms with Crippen molar-refractivity contribution in [3.8, 4) is 5.75 Å². The van der Waals surface area contributed by atoms with Crippen LogP contribution in [-0.2, 0) is 6.54 Å². The minimum atomic E-state index is -0.467. The Bertz CT molecular complexity index is 1180. The Labute approximate surface area is 193 Å². The standard InChI is InChI=1S/C25H31N5O3/c1-3-13-30-23(26)21(24(31)27-25(30)32)22(18-9-11-20(33-2)12-10-18)29-16-14-28(15-17-29)19-7-5-4-6-8-19/h4-12,22H,3,13-17,26H2,1-2H3,(H,27,31,32)/t22-/m0/s1. The van der Waals surface area contributed by atoms with Gasteiger partial charge in [-0.15, -0.1) is 0 Å². The molecule has 0 saturated carbocycles. The maximum Gasteiger partial charge on any atom is 0.329 e. The number of nitrogens with two attached hydrogens (primary N) is 1. The smallest absolute Gasteiger partial charge is 0.329 e. The third-order valence-electron chi connectivity index (χ3n) is 6.23. The molecule has 0 amide bonds. The lowest BCUT2D eigenvalue weighted by molar-refractivity contribution is 0.211. The van der Waals surface area contributed by atoms with Crippen molar-refractivity contribution in [3.63, 3.8) is 0 Å². The number of aromatic nitrogens is 2. The molecule has 2 aromatic carbocycles. The van der Waals surface area contributed by atoms with Crippen molar-refractivity contribution >= 4 is 11.5 Å². The predicted molar refractivity (Wildman–Crippen MR) is 131 cm³/mol. The largest absolute Gasteiger partial charge is 0.497 e. The zero-order chi connectivity index (χ0) is 23.4. The van der Waals surface area contributed by atoms with E-state index in [2.05, 4.69) is 26.9 Å². The highest BCUT2D eigenvalue weighted by atomic mass is 16.5. The second-order valence-corrected chi connectivity index (χ2v) is 8.24. The molecule has 1 fully saturated rings. The zero-order valence-electron chi connectivity index (χ0n) is 19.2. The van der Waals surface area contributed by atoms with Crippen LogP contribution in [0.5, 0.6) is 5.75 Å². The van der Waals surface area contributed by atoms with Gasteiger partial charge in [0.1, 0.15) is 11.6 Å². The van der Waals surface area contributed by atoms with E-state index in [9.17, 15) is 9.59 Å². The average molecular weight is 450 g/mol. The summed E-state index contributed by atoms with van der Waals surface area (Å²) >= 11 is 0. The van der Waals surface area contributed by atoms with Crippen molar-refractivity contribution in [2.45, 2.75) is 25.9 Å². The number of hydrogen-bond donors (Lipinski definition) is 2. The molecular weight excluding hydrogens is 418 g/mol. The average Bonchev–Trinajstić information content (AvgIpc) is 2.85. The van der Waals surface area contributed by atoms with Crippen molar-refractivity contribution in [1.82, 2.24) is 14.5 Å². The van der Waals surface area contributed by atoms with Crippen LogP contribution in [0.4, 0.5) is 11.5 Å². The Morgan fingerprint density at radius 3 is 2.27 bits per heavy atom. The molecule has 1 aromatic heterocycles. The Hall–Kier alpha value is -3.52. The molecule has 8 nitrogen and oxygen atoms in total. The number of nitrogen functional groups attached to an aromatic ring is 1. The van der Waals surface area contributed by atoms with Crippen LogP contribution in [-0.4, -0.2) is 47.7 Å². The highest BCUT2D eigenvalue weighted by Gasteiger charge is 2.31. The quantitative estimate of drug-likeness (QED) is 0.575. The minimum Gasteiger partial charge on any atom is -0.497 e. The molecule has 0 radical (unpaired) electrons. The number of para-hydroxylation sites is 1. The van der Waals surface area contributed by atoms with Crippen molar-refractivity contribution < 1.29 is 4.74 Å². The van der Waals surface area contributed by atoms with Crippen LogP contribution in [0.3, 0.4) is 0 Å². The monoisotopic (exact) mass is 449 g/mol. The summed E-state index contributed by atoms with van der Waals surface area (Å²) in [4.78, 5) is 32.6. The Morgan fingerprint density at radius 1 is 1.00 bits per heavy atom. The maximum atomic E-state index is 13.1. The molecular formula is C25H31N5O3. The van der Waals surface area contributed by atoms with Crippen LogP contribution in [0.25, 0.3) is 0 Å². The molecule has 2 heterocycles. The fourth-order valence-electron chi connectivity index (χ4n) is 4.54. The number of nitrogens with zero attached hydrogens (tertiary/aromatic N) is 3. The number of rotatable bonds is 7. The van der Waals surface area contributed by atoms with Gasteiger partial charge in [-0.1, -0.05) is 37.3 Å². The molecule has 8 heteroatoms. The van der Waals surface area contributed by atoms with E-state index in [0.29, 0.717) is 12.1 Å². The summed E-state index contributed by atoms with van der Waals surface area (Å²) in [5, 5.41) is 0. The van der Waals surface area contributed by atoms with Gasteiger partial charge in [-0.2, -0.15) is 0 Å². The van der Waals surface area contributed by atoms with E-state index in [0.717, 1.165) is 43.9 Å². The van der Waals surface area contributed by atoms with E-state index in [-0.39, 0.29) is 11.9 Å². The van der Waals surface area contributed by atoms with E-state index in [1.54, 1.807) is 7.11 Å². The summed E-state index contributed by atoms with van der Waals surface area (Å²) in [5.74, 6) is 0.973. The van der Waals surface area contributed by atoms with Gasteiger partial charge in [0.05, 0.1) is 18.7 Å². The molecule has 174 valence electrons. The SMILES string of the molecule is CCCn1c(N)c([C@H](c2ccc(OC)cc2)N2CCN(c3ccccc3)CC2)c(=O)[nH]c1=O. The molecule has 0 unspecified atom stereocenters. The van der Waals surface area contributed by atoms with Crippen LogP contribution in [0, 0.1) is 0 Å². The van der Waals surface area contributed by atoms with Gasteiger partial charge in [0.15, 0.2) is 0 Å². The first-order valence-electron chi connectivity index (χ1n) is 11.3. The first-order chi connectivity index (χ1) is 16.0. The Morgan fingerprint density at radius 2 is 1.67 bits per heavy atom. The summed E-state index contributed by atoms with van der Waals surface area (Å²) in [5.41, 5.74) is 8.11. The van der Waals surface area contributed by atoms with Gasteiger partial charge in [0.2, 0.25) is 0 Å². The first-order valence-corrected chi connectivity index (χ1v) is 11.3. The van der Waals surface area contributed by atoms with Gasteiger partial charge < -0.3 is 15.4 Å². The minimum absolute atomic E-state index is 0.233. The number of aromatic amines is 1. The van der Waals surface area contributed by atoms with Crippen LogP contribution in [0.1, 0.15) is 30.5 Å². The molecule has 4 rings (SSSR count). The number of nitrogens with one attached hydrogen (secondary N) is 1. The predicted octanol–water partition coefficient (Wildman–Crippen LogP) is 2.45. The first kappa shape index (κ1) is 22.7. The number of anilines is 2. The third-order valence-corrected chi connectivity index (χ3v) is 6.23. The number of ether oxygens (including phenoxy) is 1. The van der Waals surface area contributed by atoms with Gasteiger partial charge in [-0.3, -0.25) is 19.2 Å². The van der Waals surface area contributed by atoms with Crippen LogP contribution in [0.2, 0.25) is 0 Å². The highest BCUT2D eigenvalue weighted by molar-refractivity contribution is 5.48. The van der Waals surface area contributed by atoms with Crippen LogP contribution < -0.4 is 26.6 Å². The lowest BCUT2D eigenvalue weighted by Crippen LogP contribution is -2.49. The van der Waals surface area contributed by atoms with E-state index in [4.69, 9.17) is 10.5 Å². The molecule has 0 bridgehead atoms. The van der Waals surface area contributed by atoms with E-state index >= 15 is 0 Å². The summed E-state index contributed by atoms with van der Waals surface area (Å²) < 4.78 is 6.78. The topological polar surface area (TPSA) is 96.6 Å². The van der Waals surface area contributed by atoms with Crippen LogP contribution >= 0.6 is 0 Å². The van der Waals surface area contributed by atoms with E-state index in [1.165, 1.54) is 10.3 Å². The molecule has 3 aromatic rings. The summed E-state index contributed by atoms with van der Waals surface area (Å²) in [6, 6.07) is 17.6. The Kier molecular flexibility index (Phi) is 6.84. The number of piperazine rings is 1. The fraction of sp³-hybridized carbons (Fsp3) is 0.360. The highest BCUT2D eigenvalue weighted by Crippen LogP contribution is 2.32. The molecule has 1 atom stereocenters. The van der Waals surface area contributed by atoms with Crippen molar-refractivity contribution in [1.29, 1.82) is 0 Å². The zero-order valence-corrected chi connectivity index (χ0v) is 19.2. The second kappa shape index (κ2) is 9.95. The summed E-state index contributed by atoms with van der Waals surface area (Å²) in [6.45, 7) is 5.56. The Balaban J connectivity index is 1.73. The molecule has 0 spiro atoms. The summed E-state index contributed by atoms with van der Waals surface area (Å²) in [6.07, 6.45) is 0.735. The maximum absolute atomic E-state index is 13.1.